The number of halogens is 4. The summed E-state index contributed by atoms with van der Waals surface area (Å²) in [5.41, 5.74) is 0.914. The number of hydrogen-bond acceptors (Lipinski definition) is 5. The molecule has 8 nitrogen and oxygen atoms in total. The molecule has 2 fully saturated rings. The molecule has 0 aliphatic carbocycles. The van der Waals surface area contributed by atoms with Crippen molar-refractivity contribution < 1.29 is 37.1 Å². The van der Waals surface area contributed by atoms with E-state index < -0.39 is 17.7 Å². The predicted molar refractivity (Wildman–Crippen MR) is 140 cm³/mol. The Morgan fingerprint density at radius 3 is 2.23 bits per heavy atom. The number of piperidine rings is 1. The van der Waals surface area contributed by atoms with Gasteiger partial charge in [-0.05, 0) is 60.0 Å². The summed E-state index contributed by atoms with van der Waals surface area (Å²) in [4.78, 5) is 38.6. The van der Waals surface area contributed by atoms with Crippen molar-refractivity contribution in [3.63, 3.8) is 0 Å². The molecule has 2 saturated heterocycles. The van der Waals surface area contributed by atoms with Crippen molar-refractivity contribution in [2.45, 2.75) is 24.6 Å². The number of fused-ring (bicyclic) bond motifs is 1. The molecule has 0 radical (unpaired) electrons. The predicted octanol–water partition coefficient (Wildman–Crippen LogP) is 3.77. The number of carboxylic acid groups (broad SMARTS) is 1. The first kappa shape index (κ1) is 28.8. The minimum absolute atomic E-state index is 0.0380. The monoisotopic (exact) mass is 560 g/mol. The van der Waals surface area contributed by atoms with E-state index in [0.717, 1.165) is 36.1 Å². The lowest BCUT2D eigenvalue weighted by Gasteiger charge is -2.43. The largest absolute Gasteiger partial charge is 0.490 e. The van der Waals surface area contributed by atoms with E-state index in [1.165, 1.54) is 12.1 Å². The third-order valence-corrected chi connectivity index (χ3v) is 7.13. The number of carbonyl (C=O) groups is 3. The highest BCUT2D eigenvalue weighted by Crippen LogP contribution is 2.36. The van der Waals surface area contributed by atoms with Gasteiger partial charge in [0.25, 0.3) is 5.91 Å². The third-order valence-electron chi connectivity index (χ3n) is 7.13. The number of anilines is 1. The standard InChI is InChI=1S/C26H27FN4O2.C2HF3O2/c27-22-7-9-23(10-8-22)31-18-29-25(33)26(31)11-14-30(15-12-26)16-13-28-24(32)21-6-5-19-3-1-2-4-20(19)17-21;3-2(4,5)1(6)7/h1-10,17H,11-16,18H2,(H,28,32)(H,29,33);(H,6,7). The molecule has 2 amide bonds. The Kier molecular flexibility index (Phi) is 8.58. The summed E-state index contributed by atoms with van der Waals surface area (Å²) in [5, 5.41) is 15.3. The van der Waals surface area contributed by atoms with Crippen molar-refractivity contribution in [1.82, 2.24) is 15.5 Å². The van der Waals surface area contributed by atoms with Crippen LogP contribution in [0.2, 0.25) is 0 Å². The van der Waals surface area contributed by atoms with Crippen LogP contribution >= 0.6 is 0 Å². The van der Waals surface area contributed by atoms with Gasteiger partial charge in [-0.25, -0.2) is 9.18 Å². The van der Waals surface area contributed by atoms with Crippen LogP contribution < -0.4 is 15.5 Å². The van der Waals surface area contributed by atoms with Gasteiger partial charge >= 0.3 is 12.1 Å². The maximum atomic E-state index is 13.4. The summed E-state index contributed by atoms with van der Waals surface area (Å²) >= 11 is 0. The number of carboxylic acids is 1. The first-order valence-electron chi connectivity index (χ1n) is 12.6. The van der Waals surface area contributed by atoms with Crippen molar-refractivity contribution in [3.05, 3.63) is 78.1 Å². The van der Waals surface area contributed by atoms with E-state index in [-0.39, 0.29) is 17.6 Å². The van der Waals surface area contributed by atoms with E-state index in [1.807, 2.05) is 42.5 Å². The second-order valence-electron chi connectivity index (χ2n) is 9.56. The Hall–Kier alpha value is -4.19. The number of carbonyl (C=O) groups excluding carboxylic acids is 2. The van der Waals surface area contributed by atoms with E-state index in [1.54, 1.807) is 12.1 Å². The molecule has 3 N–H and O–H groups in total. The van der Waals surface area contributed by atoms with Gasteiger partial charge in [0.1, 0.15) is 11.4 Å². The van der Waals surface area contributed by atoms with Gasteiger partial charge < -0.3 is 25.5 Å². The second-order valence-corrected chi connectivity index (χ2v) is 9.56. The fourth-order valence-corrected chi connectivity index (χ4v) is 4.95. The Bertz CT molecular complexity index is 1370. The molecule has 2 heterocycles. The van der Waals surface area contributed by atoms with Crippen molar-refractivity contribution in [1.29, 1.82) is 0 Å². The van der Waals surface area contributed by atoms with Crippen molar-refractivity contribution in [2.75, 3.05) is 37.7 Å². The Labute approximate surface area is 227 Å². The first-order valence-corrected chi connectivity index (χ1v) is 12.6. The fraction of sp³-hybridized carbons (Fsp3) is 0.321. The molecular formula is C28H28F4N4O4. The van der Waals surface area contributed by atoms with Crippen LogP contribution in [0.25, 0.3) is 10.8 Å². The topological polar surface area (TPSA) is 102 Å². The highest BCUT2D eigenvalue weighted by Gasteiger charge is 2.50. The molecule has 212 valence electrons. The summed E-state index contributed by atoms with van der Waals surface area (Å²) in [6, 6.07) is 20.0. The number of aliphatic carboxylic acids is 1. The summed E-state index contributed by atoms with van der Waals surface area (Å²) in [5.74, 6) is -3.08. The summed E-state index contributed by atoms with van der Waals surface area (Å²) < 4.78 is 45.1. The number of benzene rings is 3. The number of nitrogens with one attached hydrogen (secondary N) is 2. The summed E-state index contributed by atoms with van der Waals surface area (Å²) in [6.45, 7) is 3.24. The van der Waals surface area contributed by atoms with E-state index >= 15 is 0 Å². The van der Waals surface area contributed by atoms with Gasteiger partial charge in [0.2, 0.25) is 5.91 Å². The molecular weight excluding hydrogens is 532 g/mol. The fourth-order valence-electron chi connectivity index (χ4n) is 4.95. The van der Waals surface area contributed by atoms with E-state index in [4.69, 9.17) is 9.90 Å². The third kappa shape index (κ3) is 6.50. The molecule has 12 heteroatoms. The zero-order valence-electron chi connectivity index (χ0n) is 21.4. The number of rotatable bonds is 5. The molecule has 1 spiro atoms. The average molecular weight is 561 g/mol. The molecule has 0 bridgehead atoms. The quantitative estimate of drug-likeness (QED) is 0.411. The van der Waals surface area contributed by atoms with Crippen LogP contribution in [0.1, 0.15) is 23.2 Å². The van der Waals surface area contributed by atoms with Crippen LogP contribution in [-0.4, -0.2) is 72.4 Å². The Balaban J connectivity index is 0.000000470. The maximum Gasteiger partial charge on any atom is 0.490 e. The molecule has 0 saturated carbocycles. The zero-order chi connectivity index (χ0) is 28.9. The molecule has 2 aliphatic heterocycles. The number of nitrogens with zero attached hydrogens (tertiary/aromatic N) is 2. The van der Waals surface area contributed by atoms with E-state index in [0.29, 0.717) is 31.6 Å². The molecule has 2 aliphatic rings. The normalized spacial score (nSPS) is 16.8. The van der Waals surface area contributed by atoms with Crippen LogP contribution in [0.4, 0.5) is 23.2 Å². The Morgan fingerprint density at radius 1 is 0.975 bits per heavy atom. The average Bonchev–Trinajstić information content (AvgIpc) is 3.24. The van der Waals surface area contributed by atoms with Crippen molar-refractivity contribution in [3.8, 4) is 0 Å². The number of hydrogen-bond donors (Lipinski definition) is 3. The van der Waals surface area contributed by atoms with Gasteiger partial charge in [-0.15, -0.1) is 0 Å². The van der Waals surface area contributed by atoms with Gasteiger partial charge in [0.15, 0.2) is 0 Å². The highest BCUT2D eigenvalue weighted by atomic mass is 19.4. The van der Waals surface area contributed by atoms with Gasteiger partial charge in [-0.1, -0.05) is 30.3 Å². The van der Waals surface area contributed by atoms with Crippen LogP contribution in [0, 0.1) is 5.82 Å². The van der Waals surface area contributed by atoms with Gasteiger partial charge in [-0.2, -0.15) is 13.2 Å². The summed E-state index contributed by atoms with van der Waals surface area (Å²) in [7, 11) is 0. The van der Waals surface area contributed by atoms with Gasteiger partial charge in [0.05, 0.1) is 6.67 Å². The minimum atomic E-state index is -5.08. The van der Waals surface area contributed by atoms with Gasteiger partial charge in [-0.3, -0.25) is 9.59 Å². The second kappa shape index (κ2) is 11.9. The lowest BCUT2D eigenvalue weighted by Crippen LogP contribution is -2.57. The van der Waals surface area contributed by atoms with E-state index in [2.05, 4.69) is 20.4 Å². The molecule has 3 aromatic rings. The van der Waals surface area contributed by atoms with E-state index in [9.17, 15) is 27.2 Å². The van der Waals surface area contributed by atoms with Crippen LogP contribution in [0.3, 0.4) is 0 Å². The van der Waals surface area contributed by atoms with Gasteiger partial charge in [0, 0.05) is 37.4 Å². The van der Waals surface area contributed by atoms with Crippen molar-refractivity contribution in [2.24, 2.45) is 0 Å². The summed E-state index contributed by atoms with van der Waals surface area (Å²) in [6.07, 6.45) is -3.70. The van der Waals surface area contributed by atoms with Crippen molar-refractivity contribution >= 4 is 34.2 Å². The molecule has 0 atom stereocenters. The molecule has 3 aromatic carbocycles. The highest BCUT2D eigenvalue weighted by molar-refractivity contribution is 5.98. The molecule has 40 heavy (non-hydrogen) atoms. The lowest BCUT2D eigenvalue weighted by molar-refractivity contribution is -0.192. The van der Waals surface area contributed by atoms with Crippen LogP contribution in [-0.2, 0) is 9.59 Å². The molecule has 0 aromatic heterocycles. The molecule has 0 unspecified atom stereocenters. The minimum Gasteiger partial charge on any atom is -0.475 e. The molecule has 5 rings (SSSR count). The van der Waals surface area contributed by atoms with Crippen LogP contribution in [0.5, 0.6) is 0 Å². The number of amides is 2. The smallest absolute Gasteiger partial charge is 0.475 e. The SMILES string of the molecule is O=C(NCCN1CCC2(CC1)C(=O)NCN2c1ccc(F)cc1)c1ccc2ccccc2c1.O=C(O)C(F)(F)F. The number of likely N-dealkylation sites (tertiary alicyclic amines) is 1. The number of alkyl halides is 3. The zero-order valence-corrected chi connectivity index (χ0v) is 21.4. The first-order chi connectivity index (χ1) is 19.0. The lowest BCUT2D eigenvalue weighted by atomic mass is 9.85. The maximum absolute atomic E-state index is 13.4. The van der Waals surface area contributed by atoms with Crippen LogP contribution in [0.15, 0.2) is 66.7 Å². The Morgan fingerprint density at radius 2 is 1.60 bits per heavy atom.